The fourth-order valence-electron chi connectivity index (χ4n) is 3.23. The van der Waals surface area contributed by atoms with Crippen LogP contribution in [0, 0.1) is 11.8 Å². The second-order valence-corrected chi connectivity index (χ2v) is 7.01. The highest BCUT2D eigenvalue weighted by Gasteiger charge is 2.17. The maximum absolute atomic E-state index is 12.4. The second kappa shape index (κ2) is 9.22. The minimum Gasteiger partial charge on any atom is -0.497 e. The molecule has 0 bridgehead atoms. The summed E-state index contributed by atoms with van der Waals surface area (Å²) in [6.45, 7) is 3.43. The maximum Gasteiger partial charge on any atom is 0.292 e. The van der Waals surface area contributed by atoms with Crippen LogP contribution in [-0.4, -0.2) is 40.1 Å². The molecule has 0 fully saturated rings. The number of nitrogens with two attached hydrogens (primary N) is 1. The van der Waals surface area contributed by atoms with Gasteiger partial charge in [-0.1, -0.05) is 12.5 Å². The van der Waals surface area contributed by atoms with Crippen molar-refractivity contribution in [1.29, 1.82) is 0 Å². The number of methoxy groups -OCH3 is 2. The SMILES string of the molecule is C=CC(=O)Nc1ccc(-n2nc3c(=O)[nH]nc(N)c3c2C#Cc2cc(OC)cc(OC)c2)cc1. The van der Waals surface area contributed by atoms with E-state index in [2.05, 4.69) is 39.0 Å². The highest BCUT2D eigenvalue weighted by atomic mass is 16.5. The largest absolute Gasteiger partial charge is 0.497 e. The van der Waals surface area contributed by atoms with E-state index in [1.165, 1.54) is 10.8 Å². The predicted octanol–water partition coefficient (Wildman–Crippen LogP) is 2.23. The summed E-state index contributed by atoms with van der Waals surface area (Å²) in [5.74, 6) is 7.03. The number of ether oxygens (including phenoxy) is 2. The number of aromatic amines is 1. The van der Waals surface area contributed by atoms with Gasteiger partial charge in [-0.2, -0.15) is 10.2 Å². The van der Waals surface area contributed by atoms with Crippen molar-refractivity contribution in [1.82, 2.24) is 20.0 Å². The number of nitrogens with one attached hydrogen (secondary N) is 2. The van der Waals surface area contributed by atoms with Crippen LogP contribution in [0.2, 0.25) is 0 Å². The smallest absolute Gasteiger partial charge is 0.292 e. The van der Waals surface area contributed by atoms with Gasteiger partial charge < -0.3 is 20.5 Å². The maximum atomic E-state index is 12.4. The van der Waals surface area contributed by atoms with Gasteiger partial charge in [0.2, 0.25) is 5.91 Å². The van der Waals surface area contributed by atoms with Crippen LogP contribution < -0.4 is 26.1 Å². The summed E-state index contributed by atoms with van der Waals surface area (Å²) in [4.78, 5) is 23.9. The van der Waals surface area contributed by atoms with Crippen molar-refractivity contribution in [2.45, 2.75) is 0 Å². The monoisotopic (exact) mass is 456 g/mol. The first-order chi connectivity index (χ1) is 16.4. The van der Waals surface area contributed by atoms with E-state index >= 15 is 0 Å². The molecule has 0 aliphatic rings. The molecule has 0 saturated heterocycles. The molecule has 2 heterocycles. The Labute approximate surface area is 194 Å². The third-order valence-corrected chi connectivity index (χ3v) is 4.88. The zero-order valence-corrected chi connectivity index (χ0v) is 18.4. The van der Waals surface area contributed by atoms with E-state index in [4.69, 9.17) is 15.2 Å². The van der Waals surface area contributed by atoms with Crippen LogP contribution >= 0.6 is 0 Å². The molecular weight excluding hydrogens is 436 g/mol. The highest BCUT2D eigenvalue weighted by molar-refractivity contribution is 5.99. The molecule has 0 spiro atoms. The molecule has 4 rings (SSSR count). The number of rotatable bonds is 5. The molecular formula is C24H20N6O4. The molecule has 10 heteroatoms. The van der Waals surface area contributed by atoms with Crippen molar-refractivity contribution in [2.75, 3.05) is 25.3 Å². The molecule has 10 nitrogen and oxygen atoms in total. The Hall–Kier alpha value is -5.04. The summed E-state index contributed by atoms with van der Waals surface area (Å²) in [6.07, 6.45) is 1.18. The molecule has 34 heavy (non-hydrogen) atoms. The molecule has 0 saturated carbocycles. The third kappa shape index (κ3) is 4.31. The second-order valence-electron chi connectivity index (χ2n) is 7.01. The summed E-state index contributed by atoms with van der Waals surface area (Å²) in [6, 6.07) is 12.1. The quantitative estimate of drug-likeness (QED) is 0.309. The van der Waals surface area contributed by atoms with Crippen molar-refractivity contribution >= 4 is 28.3 Å². The van der Waals surface area contributed by atoms with Gasteiger partial charge in [0.05, 0.1) is 25.3 Å². The molecule has 0 aliphatic heterocycles. The van der Waals surface area contributed by atoms with Gasteiger partial charge in [0.1, 0.15) is 17.2 Å². The number of carbonyl (C=O) groups excluding carboxylic acids is 1. The first-order valence-electron chi connectivity index (χ1n) is 9.99. The zero-order chi connectivity index (χ0) is 24.2. The van der Waals surface area contributed by atoms with Crippen LogP contribution in [0.1, 0.15) is 11.3 Å². The van der Waals surface area contributed by atoms with E-state index < -0.39 is 5.56 Å². The topological polar surface area (TPSA) is 137 Å². The first kappa shape index (κ1) is 22.2. The number of fused-ring (bicyclic) bond motifs is 1. The Balaban J connectivity index is 1.87. The van der Waals surface area contributed by atoms with Crippen molar-refractivity contribution in [3.63, 3.8) is 0 Å². The van der Waals surface area contributed by atoms with E-state index in [-0.39, 0.29) is 17.2 Å². The number of carbonyl (C=O) groups is 1. The van der Waals surface area contributed by atoms with Gasteiger partial charge >= 0.3 is 0 Å². The molecule has 0 unspecified atom stereocenters. The number of amides is 1. The Bertz CT molecular complexity index is 1500. The average Bonchev–Trinajstić information content (AvgIpc) is 3.26. The first-order valence-corrected chi connectivity index (χ1v) is 9.99. The summed E-state index contributed by atoms with van der Waals surface area (Å²) < 4.78 is 12.1. The van der Waals surface area contributed by atoms with Gasteiger partial charge in [-0.15, -0.1) is 0 Å². The van der Waals surface area contributed by atoms with Crippen LogP contribution in [0.15, 0.2) is 59.9 Å². The summed E-state index contributed by atoms with van der Waals surface area (Å²) >= 11 is 0. The Morgan fingerprint density at radius 3 is 2.44 bits per heavy atom. The number of hydrogen-bond acceptors (Lipinski definition) is 7. The lowest BCUT2D eigenvalue weighted by molar-refractivity contribution is -0.111. The van der Waals surface area contributed by atoms with E-state index in [0.717, 1.165) is 0 Å². The number of H-pyrrole nitrogens is 1. The van der Waals surface area contributed by atoms with E-state index in [1.807, 2.05) is 0 Å². The predicted molar refractivity (Wildman–Crippen MR) is 128 cm³/mol. The van der Waals surface area contributed by atoms with Crippen molar-refractivity contribution < 1.29 is 14.3 Å². The summed E-state index contributed by atoms with van der Waals surface area (Å²) in [5, 5.41) is 13.6. The van der Waals surface area contributed by atoms with Crippen LogP contribution in [0.25, 0.3) is 16.6 Å². The number of aromatic nitrogens is 4. The minimum atomic E-state index is -0.496. The lowest BCUT2D eigenvalue weighted by Crippen LogP contribution is -2.10. The van der Waals surface area contributed by atoms with Crippen LogP contribution in [0.3, 0.4) is 0 Å². The van der Waals surface area contributed by atoms with Gasteiger partial charge in [0, 0.05) is 17.3 Å². The van der Waals surface area contributed by atoms with Gasteiger partial charge in [0.15, 0.2) is 11.3 Å². The van der Waals surface area contributed by atoms with Crippen molar-refractivity contribution in [3.8, 4) is 29.0 Å². The third-order valence-electron chi connectivity index (χ3n) is 4.88. The van der Waals surface area contributed by atoms with Gasteiger partial charge in [-0.25, -0.2) is 9.78 Å². The lowest BCUT2D eigenvalue weighted by atomic mass is 10.1. The molecule has 1 amide bonds. The molecule has 2 aromatic heterocycles. The molecule has 170 valence electrons. The van der Waals surface area contributed by atoms with Crippen molar-refractivity contribution in [2.24, 2.45) is 0 Å². The number of hydrogen-bond donors (Lipinski definition) is 3. The number of anilines is 2. The van der Waals surface area contributed by atoms with E-state index in [0.29, 0.717) is 39.5 Å². The zero-order valence-electron chi connectivity index (χ0n) is 18.4. The van der Waals surface area contributed by atoms with E-state index in [9.17, 15) is 9.59 Å². The van der Waals surface area contributed by atoms with Crippen molar-refractivity contribution in [3.05, 3.63) is 76.7 Å². The van der Waals surface area contributed by atoms with Crippen LogP contribution in [0.4, 0.5) is 11.5 Å². The lowest BCUT2D eigenvalue weighted by Gasteiger charge is -2.07. The minimum absolute atomic E-state index is 0.0863. The highest BCUT2D eigenvalue weighted by Crippen LogP contribution is 2.25. The average molecular weight is 456 g/mol. The van der Waals surface area contributed by atoms with Gasteiger partial charge in [-0.05, 0) is 48.4 Å². The molecule has 2 aromatic carbocycles. The fourth-order valence-corrected chi connectivity index (χ4v) is 3.23. The van der Waals surface area contributed by atoms with Crippen LogP contribution in [0.5, 0.6) is 11.5 Å². The Morgan fingerprint density at radius 2 is 1.82 bits per heavy atom. The van der Waals surface area contributed by atoms with Gasteiger partial charge in [0.25, 0.3) is 5.56 Å². The molecule has 0 atom stereocenters. The number of nitrogens with zero attached hydrogens (tertiary/aromatic N) is 3. The Morgan fingerprint density at radius 1 is 1.15 bits per heavy atom. The molecule has 4 N–H and O–H groups in total. The summed E-state index contributed by atoms with van der Waals surface area (Å²) in [5.41, 5.74) is 7.84. The van der Waals surface area contributed by atoms with E-state index in [1.54, 1.807) is 56.7 Å². The van der Waals surface area contributed by atoms with Crippen LogP contribution in [-0.2, 0) is 4.79 Å². The number of nitrogen functional groups attached to an aromatic ring is 1. The normalized spacial score (nSPS) is 10.3. The molecule has 4 aromatic rings. The standard InChI is InChI=1S/C24H20N6O4/c1-4-20(31)26-15-6-8-16(9-7-15)30-19(21-22(29-30)24(32)28-27-23(21)25)10-5-14-11-17(33-2)13-18(12-14)34-3/h4,6-9,11-13H,1H2,2-3H3,(H2,25,27)(H,26,31)(H,28,32). The summed E-state index contributed by atoms with van der Waals surface area (Å²) in [7, 11) is 3.10. The molecule has 0 aliphatic carbocycles. The fraction of sp³-hybridized carbons (Fsp3) is 0.0833. The van der Waals surface area contributed by atoms with Gasteiger partial charge in [-0.3, -0.25) is 9.59 Å². The number of benzene rings is 2. The molecule has 0 radical (unpaired) electrons. The Kier molecular flexibility index (Phi) is 6.01.